The molecule has 1 atom stereocenters. The highest BCUT2D eigenvalue weighted by Crippen LogP contribution is 2.12. The number of hydrogen-bond donors (Lipinski definition) is 1. The monoisotopic (exact) mass is 212 g/mol. The average Bonchev–Trinajstić information content (AvgIpc) is 2.17. The van der Waals surface area contributed by atoms with Crippen LogP contribution in [-0.4, -0.2) is 24.8 Å². The fourth-order valence-corrected chi connectivity index (χ4v) is 1.47. The Morgan fingerprint density at radius 3 is 2.53 bits per heavy atom. The van der Waals surface area contributed by atoms with Crippen molar-refractivity contribution in [1.29, 1.82) is 5.26 Å². The molecule has 0 aromatic rings. The van der Waals surface area contributed by atoms with E-state index in [9.17, 15) is 0 Å². The number of unbranched alkanes of at least 4 members (excludes halogenated alkanes) is 1. The van der Waals surface area contributed by atoms with Crippen LogP contribution in [0.2, 0.25) is 0 Å². The van der Waals surface area contributed by atoms with Crippen molar-refractivity contribution in [1.82, 2.24) is 5.32 Å². The van der Waals surface area contributed by atoms with E-state index in [1.807, 2.05) is 27.7 Å². The number of ether oxygens (including phenoxy) is 1. The predicted octanol–water partition coefficient (Wildman–Crippen LogP) is 2.47. The normalized spacial score (nSPS) is 14.9. The van der Waals surface area contributed by atoms with E-state index >= 15 is 0 Å². The Morgan fingerprint density at radius 2 is 2.07 bits per heavy atom. The van der Waals surface area contributed by atoms with E-state index in [1.165, 1.54) is 0 Å². The van der Waals surface area contributed by atoms with E-state index in [4.69, 9.17) is 10.00 Å². The lowest BCUT2D eigenvalue weighted by atomic mass is 9.97. The Morgan fingerprint density at radius 1 is 1.40 bits per heavy atom. The van der Waals surface area contributed by atoms with Crippen molar-refractivity contribution < 1.29 is 4.74 Å². The summed E-state index contributed by atoms with van der Waals surface area (Å²) in [5.41, 5.74) is -0.368. The van der Waals surface area contributed by atoms with E-state index in [-0.39, 0.29) is 5.54 Å². The molecule has 1 unspecified atom stereocenters. The summed E-state index contributed by atoms with van der Waals surface area (Å²) in [5.74, 6) is 0. The molecule has 0 rings (SSSR count). The molecule has 0 aromatic heterocycles. The lowest BCUT2D eigenvalue weighted by Gasteiger charge is -2.22. The quantitative estimate of drug-likeness (QED) is 0.629. The average molecular weight is 212 g/mol. The van der Waals surface area contributed by atoms with Gasteiger partial charge in [-0.25, -0.2) is 0 Å². The summed E-state index contributed by atoms with van der Waals surface area (Å²) in [5, 5.41) is 12.2. The molecule has 3 heteroatoms. The van der Waals surface area contributed by atoms with Crippen LogP contribution in [0.5, 0.6) is 0 Å². The minimum absolute atomic E-state index is 0.307. The van der Waals surface area contributed by atoms with Gasteiger partial charge in [0.1, 0.15) is 5.54 Å². The Labute approximate surface area is 93.8 Å². The Bertz CT molecular complexity index is 198. The molecule has 1 N–H and O–H groups in total. The summed E-state index contributed by atoms with van der Waals surface area (Å²) in [6, 6.07) is 2.33. The first kappa shape index (κ1) is 14.4. The number of rotatable bonds is 8. The van der Waals surface area contributed by atoms with E-state index in [0.29, 0.717) is 6.10 Å². The second-order valence-corrected chi connectivity index (χ2v) is 4.35. The minimum Gasteiger partial charge on any atom is -0.379 e. The second-order valence-electron chi connectivity index (χ2n) is 4.35. The van der Waals surface area contributed by atoms with E-state index in [2.05, 4.69) is 11.4 Å². The minimum atomic E-state index is -0.368. The van der Waals surface area contributed by atoms with Gasteiger partial charge in [0.05, 0.1) is 12.2 Å². The third-order valence-electron chi connectivity index (χ3n) is 2.34. The summed E-state index contributed by atoms with van der Waals surface area (Å²) >= 11 is 0. The SMILES string of the molecule is CCNC(C)(C#N)CCCCOC(C)C. The summed E-state index contributed by atoms with van der Waals surface area (Å²) in [4.78, 5) is 0. The van der Waals surface area contributed by atoms with Crippen LogP contribution in [0.3, 0.4) is 0 Å². The van der Waals surface area contributed by atoms with Crippen LogP contribution in [0.1, 0.15) is 47.0 Å². The molecule has 0 saturated heterocycles. The summed E-state index contributed by atoms with van der Waals surface area (Å²) in [6.45, 7) is 9.70. The summed E-state index contributed by atoms with van der Waals surface area (Å²) < 4.78 is 5.45. The van der Waals surface area contributed by atoms with Gasteiger partial charge in [0, 0.05) is 6.61 Å². The smallest absolute Gasteiger partial charge is 0.103 e. The van der Waals surface area contributed by atoms with Gasteiger partial charge in [-0.2, -0.15) is 5.26 Å². The van der Waals surface area contributed by atoms with Crippen LogP contribution in [0.15, 0.2) is 0 Å². The number of nitrogens with zero attached hydrogens (tertiary/aromatic N) is 1. The van der Waals surface area contributed by atoms with Gasteiger partial charge in [-0.15, -0.1) is 0 Å². The molecule has 0 aliphatic carbocycles. The number of nitrogens with one attached hydrogen (secondary N) is 1. The van der Waals surface area contributed by atoms with Crippen molar-refractivity contribution >= 4 is 0 Å². The molecule has 0 amide bonds. The molecule has 88 valence electrons. The van der Waals surface area contributed by atoms with Gasteiger partial charge in [0.2, 0.25) is 0 Å². The second kappa shape index (κ2) is 7.67. The van der Waals surface area contributed by atoms with Gasteiger partial charge in [-0.3, -0.25) is 5.32 Å². The highest BCUT2D eigenvalue weighted by molar-refractivity contribution is 5.03. The van der Waals surface area contributed by atoms with Crippen LogP contribution >= 0.6 is 0 Å². The molecular formula is C12H24N2O. The summed E-state index contributed by atoms with van der Waals surface area (Å²) in [7, 11) is 0. The van der Waals surface area contributed by atoms with E-state index in [1.54, 1.807) is 0 Å². The maximum atomic E-state index is 9.02. The first-order chi connectivity index (χ1) is 7.04. The molecule has 0 heterocycles. The van der Waals surface area contributed by atoms with Gasteiger partial charge < -0.3 is 4.74 Å². The Balaban J connectivity index is 3.60. The van der Waals surface area contributed by atoms with Crippen molar-refractivity contribution in [3.63, 3.8) is 0 Å². The zero-order chi connectivity index (χ0) is 11.7. The van der Waals surface area contributed by atoms with E-state index in [0.717, 1.165) is 32.4 Å². The lowest BCUT2D eigenvalue weighted by molar-refractivity contribution is 0.0750. The standard InChI is InChI=1S/C12H24N2O/c1-5-14-12(4,10-13)8-6-7-9-15-11(2)3/h11,14H,5-9H2,1-4H3. The molecule has 15 heavy (non-hydrogen) atoms. The van der Waals surface area contributed by atoms with Crippen LogP contribution < -0.4 is 5.32 Å². The third kappa shape index (κ3) is 7.35. The highest BCUT2D eigenvalue weighted by atomic mass is 16.5. The fraction of sp³-hybridized carbons (Fsp3) is 0.917. The molecule has 0 aliphatic heterocycles. The molecule has 0 bridgehead atoms. The largest absolute Gasteiger partial charge is 0.379 e. The van der Waals surface area contributed by atoms with Gasteiger partial charge >= 0.3 is 0 Å². The van der Waals surface area contributed by atoms with Gasteiger partial charge in [0.15, 0.2) is 0 Å². The molecule has 0 fully saturated rings. The zero-order valence-corrected chi connectivity index (χ0v) is 10.5. The highest BCUT2D eigenvalue weighted by Gasteiger charge is 2.20. The molecule has 0 radical (unpaired) electrons. The van der Waals surface area contributed by atoms with Gasteiger partial charge in [-0.05, 0) is 46.6 Å². The lowest BCUT2D eigenvalue weighted by Crippen LogP contribution is -2.40. The van der Waals surface area contributed by atoms with E-state index < -0.39 is 0 Å². The Kier molecular flexibility index (Phi) is 7.37. The predicted molar refractivity (Wildman–Crippen MR) is 62.6 cm³/mol. The maximum Gasteiger partial charge on any atom is 0.103 e. The Hall–Kier alpha value is -0.590. The molecule has 0 aliphatic rings. The van der Waals surface area contributed by atoms with Crippen molar-refractivity contribution in [3.05, 3.63) is 0 Å². The van der Waals surface area contributed by atoms with Crippen LogP contribution in [-0.2, 0) is 4.74 Å². The maximum absolute atomic E-state index is 9.02. The van der Waals surface area contributed by atoms with Crippen LogP contribution in [0, 0.1) is 11.3 Å². The van der Waals surface area contributed by atoms with Crippen molar-refractivity contribution in [2.45, 2.75) is 58.6 Å². The van der Waals surface area contributed by atoms with Gasteiger partial charge in [0.25, 0.3) is 0 Å². The summed E-state index contributed by atoms with van der Waals surface area (Å²) in [6.07, 6.45) is 3.25. The molecule has 0 saturated carbocycles. The molecule has 0 spiro atoms. The molecule has 0 aromatic carbocycles. The zero-order valence-electron chi connectivity index (χ0n) is 10.5. The molecule has 3 nitrogen and oxygen atoms in total. The van der Waals surface area contributed by atoms with Crippen LogP contribution in [0.25, 0.3) is 0 Å². The van der Waals surface area contributed by atoms with Crippen molar-refractivity contribution in [2.24, 2.45) is 0 Å². The van der Waals surface area contributed by atoms with Crippen LogP contribution in [0.4, 0.5) is 0 Å². The van der Waals surface area contributed by atoms with Crippen molar-refractivity contribution in [3.8, 4) is 6.07 Å². The third-order valence-corrected chi connectivity index (χ3v) is 2.34. The van der Waals surface area contributed by atoms with Gasteiger partial charge in [-0.1, -0.05) is 6.92 Å². The fourth-order valence-electron chi connectivity index (χ4n) is 1.47. The number of hydrogen-bond acceptors (Lipinski definition) is 3. The first-order valence-corrected chi connectivity index (χ1v) is 5.82. The first-order valence-electron chi connectivity index (χ1n) is 5.82. The topological polar surface area (TPSA) is 45.0 Å². The molecular weight excluding hydrogens is 188 g/mol. The number of nitriles is 1. The van der Waals surface area contributed by atoms with Crippen molar-refractivity contribution in [2.75, 3.05) is 13.2 Å².